The average molecular weight is 511 g/mol. The van der Waals surface area contributed by atoms with Gasteiger partial charge in [-0.05, 0) is 25.8 Å². The first-order valence-electron chi connectivity index (χ1n) is 11.9. The number of alkyl halides is 4. The molecular formula is C25H27F5N4O2. The number of pyridine rings is 1. The number of hydrogen-bond acceptors (Lipinski definition) is 4. The smallest absolute Gasteiger partial charge is 0.266 e. The van der Waals surface area contributed by atoms with Crippen molar-refractivity contribution in [2.24, 2.45) is 11.8 Å². The molecule has 36 heavy (non-hydrogen) atoms. The first-order valence-corrected chi connectivity index (χ1v) is 11.9. The van der Waals surface area contributed by atoms with E-state index in [1.54, 1.807) is 0 Å². The number of carbonyl (C=O) groups is 1. The van der Waals surface area contributed by atoms with Crippen LogP contribution >= 0.6 is 0 Å². The molecule has 2 heterocycles. The summed E-state index contributed by atoms with van der Waals surface area (Å²) < 4.78 is 69.0. The molecule has 4 atom stereocenters. The third kappa shape index (κ3) is 4.49. The van der Waals surface area contributed by atoms with E-state index in [1.165, 1.54) is 31.3 Å². The van der Waals surface area contributed by atoms with Gasteiger partial charge in [-0.15, -0.1) is 0 Å². The molecule has 1 aromatic carbocycles. The number of nitrogens with zero attached hydrogens (tertiary/aromatic N) is 2. The van der Waals surface area contributed by atoms with Crippen LogP contribution in [-0.4, -0.2) is 47.5 Å². The van der Waals surface area contributed by atoms with Gasteiger partial charge in [-0.2, -0.15) is 0 Å². The van der Waals surface area contributed by atoms with E-state index in [1.807, 2.05) is 7.05 Å². The van der Waals surface area contributed by atoms with Crippen LogP contribution in [0.5, 0.6) is 0 Å². The molecule has 2 N–H and O–H groups in total. The van der Waals surface area contributed by atoms with Gasteiger partial charge in [0.2, 0.25) is 0 Å². The second kappa shape index (κ2) is 8.86. The molecule has 11 heteroatoms. The van der Waals surface area contributed by atoms with Crippen LogP contribution in [0.4, 0.5) is 27.6 Å². The minimum Gasteiger partial charge on any atom is -0.381 e. The number of anilines is 1. The molecule has 2 aromatic rings. The Bertz CT molecular complexity index is 1230. The van der Waals surface area contributed by atoms with Crippen LogP contribution in [0.3, 0.4) is 0 Å². The van der Waals surface area contributed by atoms with E-state index in [0.29, 0.717) is 11.8 Å². The second-order valence-electron chi connectivity index (χ2n) is 10.2. The Morgan fingerprint density at radius 3 is 2.39 bits per heavy atom. The minimum atomic E-state index is -3.01. The van der Waals surface area contributed by atoms with Crippen LogP contribution in [0.1, 0.15) is 59.8 Å². The van der Waals surface area contributed by atoms with Crippen LogP contribution in [0, 0.1) is 17.7 Å². The lowest BCUT2D eigenvalue weighted by molar-refractivity contribution is -0.104. The number of rotatable bonds is 7. The molecule has 1 amide bonds. The fraction of sp³-hybridized carbons (Fsp3) is 0.520. The molecule has 0 spiro atoms. The van der Waals surface area contributed by atoms with E-state index in [9.17, 15) is 31.5 Å². The molecule has 1 unspecified atom stereocenters. The lowest BCUT2D eigenvalue weighted by Crippen LogP contribution is -2.41. The first kappa shape index (κ1) is 24.7. The van der Waals surface area contributed by atoms with Crippen LogP contribution in [-0.2, 0) is 0 Å². The maximum Gasteiger partial charge on any atom is 0.266 e. The summed E-state index contributed by atoms with van der Waals surface area (Å²) in [7, 11) is 2.02. The maximum absolute atomic E-state index is 14.6. The molecule has 194 valence electrons. The zero-order valence-corrected chi connectivity index (χ0v) is 19.8. The van der Waals surface area contributed by atoms with Crippen molar-refractivity contribution in [3.63, 3.8) is 0 Å². The topological polar surface area (TPSA) is 66.4 Å². The van der Waals surface area contributed by atoms with Crippen LogP contribution < -0.4 is 16.2 Å². The molecule has 0 radical (unpaired) electrons. The monoisotopic (exact) mass is 510 g/mol. The highest BCUT2D eigenvalue weighted by atomic mass is 19.3. The number of carbonyl (C=O) groups excluding carboxylic acids is 1. The Kier molecular flexibility index (Phi) is 6.09. The number of hydrogen-bond donors (Lipinski definition) is 2. The van der Waals surface area contributed by atoms with Crippen molar-refractivity contribution in [2.75, 3.05) is 25.5 Å². The maximum atomic E-state index is 14.6. The summed E-state index contributed by atoms with van der Waals surface area (Å²) in [5.41, 5.74) is -1.04. The third-order valence-corrected chi connectivity index (χ3v) is 7.59. The van der Waals surface area contributed by atoms with Crippen LogP contribution in [0.25, 0.3) is 0 Å². The Morgan fingerprint density at radius 1 is 1.14 bits per heavy atom. The van der Waals surface area contributed by atoms with Crippen molar-refractivity contribution < 1.29 is 26.7 Å². The van der Waals surface area contributed by atoms with Gasteiger partial charge in [-0.25, -0.2) is 22.0 Å². The number of fused-ring (bicyclic) bond motifs is 1. The van der Waals surface area contributed by atoms with Crippen LogP contribution in [0.15, 0.2) is 35.3 Å². The summed E-state index contributed by atoms with van der Waals surface area (Å²) in [6.45, 7) is 3.23. The summed E-state index contributed by atoms with van der Waals surface area (Å²) in [6.07, 6.45) is -2.74. The standard InChI is InChI=1S/C25H27F5N4O2/c1-12(14-4-3-5-15(21(14)26)23(27)28)31-24(36)18-11-34(13-7-25(29,30)8-13)20(35)6-19(18)32-22-16-9-33(2)10-17(16)22/h3-6,11-13,16-17,22-23,32H,7-10H2,1-2H3,(H,31,36)/t12-,16-,17+,22?/m1/s1. The van der Waals surface area contributed by atoms with Gasteiger partial charge in [0.15, 0.2) is 0 Å². The average Bonchev–Trinajstić information content (AvgIpc) is 3.22. The Labute approximate surface area is 204 Å². The van der Waals surface area contributed by atoms with Gasteiger partial charge in [0, 0.05) is 55.8 Å². The number of amides is 1. The lowest BCUT2D eigenvalue weighted by atomic mass is 9.88. The zero-order valence-electron chi connectivity index (χ0n) is 19.8. The number of likely N-dealkylation sites (tertiary alicyclic amines) is 1. The van der Waals surface area contributed by atoms with E-state index < -0.39 is 60.1 Å². The normalized spacial score (nSPS) is 25.8. The van der Waals surface area contributed by atoms with Crippen molar-refractivity contribution >= 4 is 11.6 Å². The number of piperidine rings is 1. The van der Waals surface area contributed by atoms with Gasteiger partial charge in [0.25, 0.3) is 23.8 Å². The molecule has 1 aliphatic heterocycles. The summed E-state index contributed by atoms with van der Waals surface area (Å²) in [6, 6.07) is 3.19. The van der Waals surface area contributed by atoms with E-state index in [2.05, 4.69) is 15.5 Å². The second-order valence-corrected chi connectivity index (χ2v) is 10.2. The van der Waals surface area contributed by atoms with E-state index in [4.69, 9.17) is 0 Å². The van der Waals surface area contributed by atoms with Crippen molar-refractivity contribution in [3.05, 3.63) is 63.3 Å². The highest BCUT2D eigenvalue weighted by Crippen LogP contribution is 2.47. The Morgan fingerprint density at radius 2 is 1.78 bits per heavy atom. The summed E-state index contributed by atoms with van der Waals surface area (Å²) in [5, 5.41) is 5.89. The van der Waals surface area contributed by atoms with Crippen molar-refractivity contribution in [2.45, 2.75) is 50.2 Å². The molecule has 5 rings (SSSR count). The predicted octanol–water partition coefficient (Wildman–Crippen LogP) is 4.36. The van der Waals surface area contributed by atoms with Gasteiger partial charge in [-0.1, -0.05) is 18.2 Å². The number of halogens is 5. The van der Waals surface area contributed by atoms with E-state index >= 15 is 0 Å². The minimum absolute atomic E-state index is 0.0559. The summed E-state index contributed by atoms with van der Waals surface area (Å²) in [5.74, 6) is -3.87. The molecule has 1 saturated heterocycles. The van der Waals surface area contributed by atoms with Gasteiger partial charge < -0.3 is 20.1 Å². The van der Waals surface area contributed by atoms with Gasteiger partial charge in [0.05, 0.1) is 22.9 Å². The largest absolute Gasteiger partial charge is 0.381 e. The molecule has 1 aromatic heterocycles. The third-order valence-electron chi connectivity index (χ3n) is 7.59. The number of benzene rings is 1. The Hall–Kier alpha value is -2.95. The first-order chi connectivity index (χ1) is 16.9. The molecule has 3 fully saturated rings. The fourth-order valence-electron chi connectivity index (χ4n) is 5.51. The molecule has 0 bridgehead atoms. The molecular weight excluding hydrogens is 483 g/mol. The van der Waals surface area contributed by atoms with Crippen molar-refractivity contribution in [3.8, 4) is 0 Å². The fourth-order valence-corrected chi connectivity index (χ4v) is 5.51. The quantitative estimate of drug-likeness (QED) is 0.544. The molecule has 6 nitrogen and oxygen atoms in total. The molecule has 2 saturated carbocycles. The zero-order chi connectivity index (χ0) is 25.9. The summed E-state index contributed by atoms with van der Waals surface area (Å²) >= 11 is 0. The molecule has 3 aliphatic rings. The van der Waals surface area contributed by atoms with Crippen LogP contribution in [0.2, 0.25) is 0 Å². The number of aromatic nitrogens is 1. The SMILES string of the molecule is C[C@@H](NC(=O)c1cn(C2CC(F)(F)C2)c(=O)cc1NC1[C@H]2CN(C)C[C@@H]12)c1cccc(C(F)F)c1F. The van der Waals surface area contributed by atoms with E-state index in [0.717, 1.165) is 23.7 Å². The predicted molar refractivity (Wildman–Crippen MR) is 123 cm³/mol. The van der Waals surface area contributed by atoms with Crippen molar-refractivity contribution in [1.82, 2.24) is 14.8 Å². The number of nitrogens with one attached hydrogen (secondary N) is 2. The highest BCUT2D eigenvalue weighted by molar-refractivity contribution is 5.99. The lowest BCUT2D eigenvalue weighted by Gasteiger charge is -2.36. The van der Waals surface area contributed by atoms with E-state index in [-0.39, 0.29) is 22.9 Å². The van der Waals surface area contributed by atoms with Gasteiger partial charge in [-0.3, -0.25) is 9.59 Å². The van der Waals surface area contributed by atoms with Crippen molar-refractivity contribution in [1.29, 1.82) is 0 Å². The molecule has 2 aliphatic carbocycles. The van der Waals surface area contributed by atoms with Gasteiger partial charge in [0.1, 0.15) is 5.82 Å². The van der Waals surface area contributed by atoms with Gasteiger partial charge >= 0.3 is 0 Å². The highest BCUT2D eigenvalue weighted by Gasteiger charge is 2.55. The Balaban J connectivity index is 1.42. The summed E-state index contributed by atoms with van der Waals surface area (Å²) in [4.78, 5) is 28.3.